The van der Waals surface area contributed by atoms with Gasteiger partial charge < -0.3 is 15.2 Å². The molecule has 2 aromatic carbocycles. The van der Waals surface area contributed by atoms with Crippen LogP contribution in [0.1, 0.15) is 31.9 Å². The molecular weight excluding hydrogens is 266 g/mol. The molecule has 0 aliphatic carbocycles. The van der Waals surface area contributed by atoms with Crippen LogP contribution < -0.4 is 10.1 Å². The van der Waals surface area contributed by atoms with Crippen molar-refractivity contribution < 1.29 is 14.6 Å². The molecule has 0 bridgehead atoms. The molecule has 0 aromatic heterocycles. The van der Waals surface area contributed by atoms with E-state index in [1.54, 1.807) is 24.3 Å². The molecule has 0 heterocycles. The lowest BCUT2D eigenvalue weighted by atomic mass is 10.1. The summed E-state index contributed by atoms with van der Waals surface area (Å²) in [6.45, 7) is 3.39. The van der Waals surface area contributed by atoms with Crippen LogP contribution in [-0.4, -0.2) is 11.0 Å². The first-order valence-electron chi connectivity index (χ1n) is 6.92. The van der Waals surface area contributed by atoms with Crippen LogP contribution >= 0.6 is 0 Å². The Morgan fingerprint density at radius 1 is 1.19 bits per heavy atom. The van der Waals surface area contributed by atoms with E-state index in [4.69, 9.17) is 4.74 Å². The standard InChI is InChI=1S/C17H19NO3/c1-3-16(20)13-8-10-14(11-9-13)21-17-7-5-4-6-15(17)18-12(2)19/h4-11,16,20H,3H2,1-2H3,(H,18,19)/t16-/m1/s1. The molecule has 0 saturated heterocycles. The van der Waals surface area contributed by atoms with E-state index < -0.39 is 6.10 Å². The van der Waals surface area contributed by atoms with Crippen LogP contribution in [0.25, 0.3) is 0 Å². The van der Waals surface area contributed by atoms with Gasteiger partial charge in [0.05, 0.1) is 11.8 Å². The molecule has 0 fully saturated rings. The molecule has 1 amide bonds. The van der Waals surface area contributed by atoms with Crippen molar-refractivity contribution in [3.05, 3.63) is 54.1 Å². The number of para-hydroxylation sites is 2. The number of aliphatic hydroxyl groups excluding tert-OH is 1. The predicted molar refractivity (Wildman–Crippen MR) is 82.5 cm³/mol. The van der Waals surface area contributed by atoms with E-state index in [-0.39, 0.29) is 5.91 Å². The molecule has 21 heavy (non-hydrogen) atoms. The number of rotatable bonds is 5. The van der Waals surface area contributed by atoms with E-state index in [2.05, 4.69) is 5.32 Å². The molecule has 4 nitrogen and oxygen atoms in total. The summed E-state index contributed by atoms with van der Waals surface area (Å²) in [6.07, 6.45) is 0.219. The van der Waals surface area contributed by atoms with Gasteiger partial charge in [-0.05, 0) is 36.2 Å². The number of ether oxygens (including phenoxy) is 1. The average molecular weight is 285 g/mol. The number of hydrogen-bond acceptors (Lipinski definition) is 3. The molecule has 0 aliphatic rings. The summed E-state index contributed by atoms with van der Waals surface area (Å²) in [5.41, 5.74) is 1.49. The highest BCUT2D eigenvalue weighted by atomic mass is 16.5. The highest BCUT2D eigenvalue weighted by Crippen LogP contribution is 2.30. The van der Waals surface area contributed by atoms with E-state index >= 15 is 0 Å². The van der Waals surface area contributed by atoms with Crippen molar-refractivity contribution >= 4 is 11.6 Å². The maximum absolute atomic E-state index is 11.2. The second-order valence-corrected chi connectivity index (χ2v) is 4.77. The van der Waals surface area contributed by atoms with Crippen molar-refractivity contribution in [1.82, 2.24) is 0 Å². The van der Waals surface area contributed by atoms with Gasteiger partial charge in [-0.3, -0.25) is 4.79 Å². The van der Waals surface area contributed by atoms with Gasteiger partial charge in [0.1, 0.15) is 5.75 Å². The van der Waals surface area contributed by atoms with Gasteiger partial charge in [-0.15, -0.1) is 0 Å². The summed E-state index contributed by atoms with van der Waals surface area (Å²) in [5.74, 6) is 1.09. The van der Waals surface area contributed by atoms with E-state index in [1.807, 2.05) is 31.2 Å². The summed E-state index contributed by atoms with van der Waals surface area (Å²) in [4.78, 5) is 11.2. The van der Waals surface area contributed by atoms with E-state index in [9.17, 15) is 9.90 Å². The van der Waals surface area contributed by atoms with Crippen LogP contribution in [0.4, 0.5) is 5.69 Å². The number of nitrogens with one attached hydrogen (secondary N) is 1. The number of aliphatic hydroxyl groups is 1. The zero-order valence-electron chi connectivity index (χ0n) is 12.2. The fourth-order valence-corrected chi connectivity index (χ4v) is 1.97. The highest BCUT2D eigenvalue weighted by Gasteiger charge is 2.07. The minimum atomic E-state index is -0.453. The SMILES string of the molecule is CC[C@@H](O)c1ccc(Oc2ccccc2NC(C)=O)cc1. The van der Waals surface area contributed by atoms with E-state index in [0.717, 1.165) is 5.56 Å². The minimum Gasteiger partial charge on any atom is -0.455 e. The van der Waals surface area contributed by atoms with Gasteiger partial charge in [0.2, 0.25) is 5.91 Å². The Hall–Kier alpha value is -2.33. The lowest BCUT2D eigenvalue weighted by Crippen LogP contribution is -2.06. The van der Waals surface area contributed by atoms with E-state index in [0.29, 0.717) is 23.6 Å². The maximum Gasteiger partial charge on any atom is 0.221 e. The van der Waals surface area contributed by atoms with Crippen LogP contribution in [0.2, 0.25) is 0 Å². The van der Waals surface area contributed by atoms with Gasteiger partial charge in [-0.2, -0.15) is 0 Å². The molecule has 0 spiro atoms. The Labute approximate surface area is 124 Å². The molecule has 0 radical (unpaired) electrons. The number of anilines is 1. The smallest absolute Gasteiger partial charge is 0.221 e. The molecule has 0 unspecified atom stereocenters. The number of carbonyl (C=O) groups is 1. The monoisotopic (exact) mass is 285 g/mol. The second-order valence-electron chi connectivity index (χ2n) is 4.77. The van der Waals surface area contributed by atoms with Gasteiger partial charge in [-0.1, -0.05) is 31.2 Å². The normalized spacial score (nSPS) is 11.8. The topological polar surface area (TPSA) is 58.6 Å². The summed E-state index contributed by atoms with van der Waals surface area (Å²) < 4.78 is 5.78. The predicted octanol–water partition coefficient (Wildman–Crippen LogP) is 3.88. The van der Waals surface area contributed by atoms with Crippen molar-refractivity contribution in [3.63, 3.8) is 0 Å². The van der Waals surface area contributed by atoms with Crippen LogP contribution in [-0.2, 0) is 4.79 Å². The third-order valence-electron chi connectivity index (χ3n) is 3.08. The first-order valence-corrected chi connectivity index (χ1v) is 6.92. The third-order valence-corrected chi connectivity index (χ3v) is 3.08. The Bertz CT molecular complexity index is 608. The number of benzene rings is 2. The van der Waals surface area contributed by atoms with Gasteiger partial charge >= 0.3 is 0 Å². The Morgan fingerprint density at radius 2 is 1.86 bits per heavy atom. The Morgan fingerprint density at radius 3 is 2.48 bits per heavy atom. The quantitative estimate of drug-likeness (QED) is 0.876. The van der Waals surface area contributed by atoms with E-state index in [1.165, 1.54) is 6.92 Å². The fraction of sp³-hybridized carbons (Fsp3) is 0.235. The van der Waals surface area contributed by atoms with Crippen molar-refractivity contribution in [2.75, 3.05) is 5.32 Å². The first kappa shape index (κ1) is 15.1. The number of hydrogen-bond donors (Lipinski definition) is 2. The van der Waals surface area contributed by atoms with Gasteiger partial charge in [-0.25, -0.2) is 0 Å². The van der Waals surface area contributed by atoms with Gasteiger partial charge in [0, 0.05) is 6.92 Å². The molecule has 4 heteroatoms. The average Bonchev–Trinajstić information content (AvgIpc) is 2.49. The molecule has 110 valence electrons. The molecule has 0 aliphatic heterocycles. The summed E-state index contributed by atoms with van der Waals surface area (Å²) in [6, 6.07) is 14.5. The van der Waals surface area contributed by atoms with Crippen molar-refractivity contribution in [1.29, 1.82) is 0 Å². The van der Waals surface area contributed by atoms with Crippen LogP contribution in [0.15, 0.2) is 48.5 Å². The molecule has 0 saturated carbocycles. The first-order chi connectivity index (χ1) is 10.1. The summed E-state index contributed by atoms with van der Waals surface area (Å²) in [5, 5.41) is 12.5. The van der Waals surface area contributed by atoms with Crippen molar-refractivity contribution in [3.8, 4) is 11.5 Å². The fourth-order valence-electron chi connectivity index (χ4n) is 1.97. The Balaban J connectivity index is 2.16. The van der Waals surface area contributed by atoms with Crippen molar-refractivity contribution in [2.24, 2.45) is 0 Å². The van der Waals surface area contributed by atoms with Gasteiger partial charge in [0.15, 0.2) is 5.75 Å². The van der Waals surface area contributed by atoms with Crippen LogP contribution in [0, 0.1) is 0 Å². The third kappa shape index (κ3) is 4.07. The zero-order valence-corrected chi connectivity index (χ0v) is 12.2. The summed E-state index contributed by atoms with van der Waals surface area (Å²) >= 11 is 0. The molecule has 2 aromatic rings. The molecular formula is C17H19NO3. The minimum absolute atomic E-state index is 0.146. The molecule has 2 N–H and O–H groups in total. The largest absolute Gasteiger partial charge is 0.455 e. The maximum atomic E-state index is 11.2. The van der Waals surface area contributed by atoms with Gasteiger partial charge in [0.25, 0.3) is 0 Å². The van der Waals surface area contributed by atoms with Crippen molar-refractivity contribution in [2.45, 2.75) is 26.4 Å². The zero-order chi connectivity index (χ0) is 15.2. The lowest BCUT2D eigenvalue weighted by molar-refractivity contribution is -0.114. The lowest BCUT2D eigenvalue weighted by Gasteiger charge is -2.12. The number of carbonyl (C=O) groups excluding carboxylic acids is 1. The van der Waals surface area contributed by atoms with Crippen LogP contribution in [0.5, 0.6) is 11.5 Å². The number of amides is 1. The molecule has 2 rings (SSSR count). The van der Waals surface area contributed by atoms with Crippen LogP contribution in [0.3, 0.4) is 0 Å². The molecule has 1 atom stereocenters. The Kier molecular flexibility index (Phi) is 4.95. The second kappa shape index (κ2) is 6.90. The highest BCUT2D eigenvalue weighted by molar-refractivity contribution is 5.90. The summed E-state index contributed by atoms with van der Waals surface area (Å²) in [7, 11) is 0.